The number of hydrogen-bond donors (Lipinski definition) is 0. The summed E-state index contributed by atoms with van der Waals surface area (Å²) >= 11 is 0. The van der Waals surface area contributed by atoms with E-state index in [-0.39, 0.29) is 10.7 Å². The molecular formula is C16H26N2O. The van der Waals surface area contributed by atoms with E-state index in [0.717, 1.165) is 19.5 Å². The fraction of sp³-hybridized carbons (Fsp3) is 0.625. The molecule has 0 amide bonds. The van der Waals surface area contributed by atoms with Gasteiger partial charge in [0.05, 0.1) is 13.6 Å². The van der Waals surface area contributed by atoms with Crippen molar-refractivity contribution in [3.8, 4) is 0 Å². The third kappa shape index (κ3) is 4.03. The van der Waals surface area contributed by atoms with Gasteiger partial charge in [-0.25, -0.2) is 4.90 Å². The van der Waals surface area contributed by atoms with Crippen LogP contribution in [-0.2, 0) is 6.54 Å². The molecule has 0 bridgehead atoms. The van der Waals surface area contributed by atoms with Gasteiger partial charge in [-0.3, -0.25) is 0 Å². The molecule has 106 valence electrons. The first-order valence-corrected chi connectivity index (χ1v) is 7.44. The van der Waals surface area contributed by atoms with E-state index in [1.54, 1.807) is 0 Å². The number of hydroxylamine groups is 3. The second-order valence-corrected chi connectivity index (χ2v) is 5.96. The highest BCUT2D eigenvalue weighted by Crippen LogP contribution is 2.25. The van der Waals surface area contributed by atoms with Gasteiger partial charge in [0.1, 0.15) is 12.7 Å². The van der Waals surface area contributed by atoms with E-state index in [9.17, 15) is 5.21 Å². The Balaban J connectivity index is 1.88. The Morgan fingerprint density at radius 1 is 1.26 bits per heavy atom. The standard InChI is InChI=1S/C16H26N2O/c1-3-4-6-11-16-13-17(14-18(16,2)19)12-15-9-7-5-8-10-15/h5,7-10,16H,3-4,6,11-14H2,1-2H3. The van der Waals surface area contributed by atoms with Crippen molar-refractivity contribution in [3.63, 3.8) is 0 Å². The molecule has 1 saturated heterocycles. The van der Waals surface area contributed by atoms with Crippen LogP contribution < -0.4 is 0 Å². The van der Waals surface area contributed by atoms with Crippen molar-refractivity contribution in [2.75, 3.05) is 20.3 Å². The van der Waals surface area contributed by atoms with Crippen LogP contribution in [0.2, 0.25) is 0 Å². The second kappa shape index (κ2) is 6.51. The molecule has 3 nitrogen and oxygen atoms in total. The molecule has 1 aromatic rings. The van der Waals surface area contributed by atoms with E-state index in [2.05, 4.69) is 36.1 Å². The number of unbranched alkanes of at least 4 members (excludes halogenated alkanes) is 2. The van der Waals surface area contributed by atoms with E-state index in [0.29, 0.717) is 6.67 Å². The van der Waals surface area contributed by atoms with Crippen LogP contribution in [0.4, 0.5) is 0 Å². The lowest BCUT2D eigenvalue weighted by molar-refractivity contribution is -0.877. The number of quaternary nitrogens is 1. The van der Waals surface area contributed by atoms with E-state index < -0.39 is 0 Å². The van der Waals surface area contributed by atoms with Crippen LogP contribution in [0.15, 0.2) is 30.3 Å². The Hall–Kier alpha value is -0.900. The van der Waals surface area contributed by atoms with E-state index in [4.69, 9.17) is 0 Å². The molecule has 19 heavy (non-hydrogen) atoms. The molecular weight excluding hydrogens is 236 g/mol. The lowest BCUT2D eigenvalue weighted by atomic mass is 10.1. The molecule has 1 aliphatic rings. The van der Waals surface area contributed by atoms with Gasteiger partial charge in [-0.15, -0.1) is 0 Å². The molecule has 0 aromatic heterocycles. The zero-order valence-corrected chi connectivity index (χ0v) is 12.2. The van der Waals surface area contributed by atoms with Crippen LogP contribution in [0.25, 0.3) is 0 Å². The number of benzene rings is 1. The molecule has 1 aromatic carbocycles. The first kappa shape index (κ1) is 14.5. The van der Waals surface area contributed by atoms with Crippen molar-refractivity contribution in [3.05, 3.63) is 41.1 Å². The average Bonchev–Trinajstić information content (AvgIpc) is 2.65. The van der Waals surface area contributed by atoms with Gasteiger partial charge in [0.15, 0.2) is 0 Å². The van der Waals surface area contributed by atoms with Gasteiger partial charge >= 0.3 is 0 Å². The highest BCUT2D eigenvalue weighted by atomic mass is 16.6. The maximum atomic E-state index is 12.5. The zero-order valence-electron chi connectivity index (χ0n) is 12.2. The summed E-state index contributed by atoms with van der Waals surface area (Å²) in [7, 11) is 1.83. The van der Waals surface area contributed by atoms with Crippen LogP contribution in [0.1, 0.15) is 38.2 Å². The molecule has 2 unspecified atom stereocenters. The fourth-order valence-electron chi connectivity index (χ4n) is 2.99. The summed E-state index contributed by atoms with van der Waals surface area (Å²) in [4.78, 5) is 2.30. The summed E-state index contributed by atoms with van der Waals surface area (Å²) in [5.74, 6) is 0. The minimum absolute atomic E-state index is 0.0868. The van der Waals surface area contributed by atoms with Crippen LogP contribution in [0, 0.1) is 5.21 Å². The van der Waals surface area contributed by atoms with Crippen molar-refractivity contribution in [1.29, 1.82) is 0 Å². The summed E-state index contributed by atoms with van der Waals surface area (Å²) in [5, 5.41) is 12.5. The largest absolute Gasteiger partial charge is 0.632 e. The predicted octanol–water partition coefficient (Wildman–Crippen LogP) is 3.35. The monoisotopic (exact) mass is 262 g/mol. The quantitative estimate of drug-likeness (QED) is 0.446. The number of likely N-dealkylation sites (N-methyl/N-ethyl adjacent to an activating group) is 1. The maximum absolute atomic E-state index is 12.5. The molecule has 0 radical (unpaired) electrons. The summed E-state index contributed by atoms with van der Waals surface area (Å²) in [6.07, 6.45) is 4.73. The molecule has 3 heteroatoms. The Morgan fingerprint density at radius 3 is 2.68 bits per heavy atom. The van der Waals surface area contributed by atoms with Crippen molar-refractivity contribution in [2.24, 2.45) is 0 Å². The third-order valence-corrected chi connectivity index (χ3v) is 4.11. The maximum Gasteiger partial charge on any atom is 0.135 e. The topological polar surface area (TPSA) is 26.3 Å². The van der Waals surface area contributed by atoms with Crippen molar-refractivity contribution in [2.45, 2.75) is 45.2 Å². The molecule has 0 saturated carbocycles. The highest BCUT2D eigenvalue weighted by Gasteiger charge is 2.35. The summed E-state index contributed by atoms with van der Waals surface area (Å²) in [5.41, 5.74) is 1.30. The number of nitrogens with zero attached hydrogens (tertiary/aromatic N) is 2. The van der Waals surface area contributed by atoms with Crippen LogP contribution in [-0.4, -0.2) is 35.8 Å². The van der Waals surface area contributed by atoms with Crippen molar-refractivity contribution < 1.29 is 4.65 Å². The average molecular weight is 262 g/mol. The van der Waals surface area contributed by atoms with Crippen LogP contribution in [0.3, 0.4) is 0 Å². The lowest BCUT2D eigenvalue weighted by Crippen LogP contribution is -2.43. The van der Waals surface area contributed by atoms with Crippen molar-refractivity contribution in [1.82, 2.24) is 4.90 Å². The number of rotatable bonds is 6. The first-order chi connectivity index (χ1) is 9.12. The van der Waals surface area contributed by atoms with Gasteiger partial charge in [-0.1, -0.05) is 50.1 Å². The Morgan fingerprint density at radius 2 is 2.00 bits per heavy atom. The fourth-order valence-corrected chi connectivity index (χ4v) is 2.99. The molecule has 1 fully saturated rings. The van der Waals surface area contributed by atoms with Gasteiger partial charge < -0.3 is 9.85 Å². The first-order valence-electron chi connectivity index (χ1n) is 7.44. The third-order valence-electron chi connectivity index (χ3n) is 4.11. The summed E-state index contributed by atoms with van der Waals surface area (Å²) in [6, 6.07) is 10.7. The van der Waals surface area contributed by atoms with E-state index >= 15 is 0 Å². The molecule has 0 aliphatic carbocycles. The van der Waals surface area contributed by atoms with E-state index in [1.807, 2.05) is 13.1 Å². The van der Waals surface area contributed by atoms with Gasteiger partial charge in [0.2, 0.25) is 0 Å². The van der Waals surface area contributed by atoms with Gasteiger partial charge in [0.25, 0.3) is 0 Å². The van der Waals surface area contributed by atoms with Crippen LogP contribution >= 0.6 is 0 Å². The Kier molecular flexibility index (Phi) is 4.97. The van der Waals surface area contributed by atoms with Gasteiger partial charge in [-0.05, 0) is 12.0 Å². The Labute approximate surface area is 117 Å². The van der Waals surface area contributed by atoms with Crippen LogP contribution in [0.5, 0.6) is 0 Å². The Bertz CT molecular complexity index is 378. The second-order valence-electron chi connectivity index (χ2n) is 5.96. The number of hydrogen-bond acceptors (Lipinski definition) is 2. The SMILES string of the molecule is CCCCCC1CN(Cc2ccccc2)C[N+]1(C)[O-]. The van der Waals surface area contributed by atoms with E-state index in [1.165, 1.54) is 24.8 Å². The summed E-state index contributed by atoms with van der Waals surface area (Å²) < 4.78 is -0.0868. The smallest absolute Gasteiger partial charge is 0.135 e. The molecule has 0 N–H and O–H groups in total. The molecule has 0 spiro atoms. The molecule has 1 heterocycles. The minimum Gasteiger partial charge on any atom is -0.632 e. The van der Waals surface area contributed by atoms with Gasteiger partial charge in [-0.2, -0.15) is 0 Å². The lowest BCUT2D eigenvalue weighted by Gasteiger charge is -2.39. The molecule has 1 aliphatic heterocycles. The molecule has 2 rings (SSSR count). The minimum atomic E-state index is -0.0868. The molecule has 2 atom stereocenters. The zero-order chi connectivity index (χ0) is 13.7. The van der Waals surface area contributed by atoms with Gasteiger partial charge in [0, 0.05) is 13.0 Å². The highest BCUT2D eigenvalue weighted by molar-refractivity contribution is 5.14. The summed E-state index contributed by atoms with van der Waals surface area (Å²) in [6.45, 7) is 4.69. The van der Waals surface area contributed by atoms with Crippen molar-refractivity contribution >= 4 is 0 Å². The normalized spacial score (nSPS) is 27.8. The predicted molar refractivity (Wildman–Crippen MR) is 79.2 cm³/mol.